The van der Waals surface area contributed by atoms with E-state index in [0.29, 0.717) is 11.8 Å². The Morgan fingerprint density at radius 3 is 2.37 bits per heavy atom. The number of aliphatic hydroxyl groups is 1. The molecule has 100 valence electrons. The second kappa shape index (κ2) is 4.17. The van der Waals surface area contributed by atoms with Crippen molar-refractivity contribution < 1.29 is 5.11 Å². The van der Waals surface area contributed by atoms with E-state index in [9.17, 15) is 5.11 Å². The molecule has 1 N–H and O–H groups in total. The van der Waals surface area contributed by atoms with Crippen molar-refractivity contribution in [3.05, 3.63) is 35.9 Å². The highest BCUT2D eigenvalue weighted by molar-refractivity contribution is 5.91. The lowest BCUT2D eigenvalue weighted by Crippen LogP contribution is -2.55. The predicted octanol–water partition coefficient (Wildman–Crippen LogP) is 3.20. The van der Waals surface area contributed by atoms with E-state index >= 15 is 0 Å². The lowest BCUT2D eigenvalue weighted by molar-refractivity contribution is -0.0825. The smallest absolute Gasteiger partial charge is 0.0663 e. The Balaban J connectivity index is 1.56. The summed E-state index contributed by atoms with van der Waals surface area (Å²) < 4.78 is 0. The zero-order chi connectivity index (χ0) is 12.9. The van der Waals surface area contributed by atoms with Gasteiger partial charge in [0.15, 0.2) is 0 Å². The van der Waals surface area contributed by atoms with Gasteiger partial charge in [-0.25, -0.2) is 0 Å². The molecule has 4 bridgehead atoms. The molecule has 4 aliphatic carbocycles. The van der Waals surface area contributed by atoms with E-state index in [4.69, 9.17) is 4.99 Å². The maximum atomic E-state index is 10.6. The minimum absolute atomic E-state index is 0.345. The van der Waals surface area contributed by atoms with Crippen LogP contribution in [0.2, 0.25) is 0 Å². The Hall–Kier alpha value is -1.15. The quantitative estimate of drug-likeness (QED) is 0.865. The van der Waals surface area contributed by atoms with Crippen molar-refractivity contribution in [3.8, 4) is 0 Å². The summed E-state index contributed by atoms with van der Waals surface area (Å²) in [5.41, 5.74) is 2.37. The van der Waals surface area contributed by atoms with Crippen LogP contribution in [-0.4, -0.2) is 16.4 Å². The number of hydrogen-bond acceptors (Lipinski definition) is 2. The van der Waals surface area contributed by atoms with Gasteiger partial charge >= 0.3 is 0 Å². The zero-order valence-electron chi connectivity index (χ0n) is 11.3. The summed E-state index contributed by atoms with van der Waals surface area (Å²) in [6.45, 7) is 0.812. The first kappa shape index (κ1) is 11.7. The van der Waals surface area contributed by atoms with Gasteiger partial charge in [-0.3, -0.25) is 4.99 Å². The Bertz CT molecular complexity index is 489. The molecule has 2 nitrogen and oxygen atoms in total. The maximum Gasteiger partial charge on any atom is 0.0663 e. The molecule has 0 aliphatic heterocycles. The summed E-state index contributed by atoms with van der Waals surface area (Å²) in [5.74, 6) is 1.90. The van der Waals surface area contributed by atoms with Crippen LogP contribution in [0.25, 0.3) is 0 Å². The molecule has 0 heterocycles. The summed E-state index contributed by atoms with van der Waals surface area (Å²) in [7, 11) is 0. The molecule has 0 amide bonds. The van der Waals surface area contributed by atoms with Crippen LogP contribution in [0.1, 0.15) is 37.7 Å². The first-order valence-corrected chi connectivity index (χ1v) is 7.52. The monoisotopic (exact) mass is 255 g/mol. The second-order valence-corrected chi connectivity index (χ2v) is 6.79. The molecule has 0 spiro atoms. The minimum atomic E-state index is -0.345. The molecule has 1 aromatic carbocycles. The largest absolute Gasteiger partial charge is 0.390 e. The Kier molecular flexibility index (Phi) is 2.56. The Morgan fingerprint density at radius 2 is 1.74 bits per heavy atom. The van der Waals surface area contributed by atoms with Gasteiger partial charge in [-0.15, -0.1) is 0 Å². The molecule has 0 radical (unpaired) electrons. The van der Waals surface area contributed by atoms with Crippen LogP contribution in [0, 0.1) is 17.8 Å². The fraction of sp³-hybridized carbons (Fsp3) is 0.588. The molecule has 2 heteroatoms. The topological polar surface area (TPSA) is 32.6 Å². The van der Waals surface area contributed by atoms with Gasteiger partial charge in [0.25, 0.3) is 0 Å². The number of aliphatic imine (C=N–C) groups is 1. The summed E-state index contributed by atoms with van der Waals surface area (Å²) >= 11 is 0. The molecule has 19 heavy (non-hydrogen) atoms. The molecule has 5 rings (SSSR count). The van der Waals surface area contributed by atoms with Crippen molar-refractivity contribution in [1.29, 1.82) is 0 Å². The molecule has 4 fully saturated rings. The summed E-state index contributed by atoms with van der Waals surface area (Å²) in [4.78, 5) is 4.93. The van der Waals surface area contributed by atoms with Crippen LogP contribution < -0.4 is 0 Å². The van der Waals surface area contributed by atoms with Crippen molar-refractivity contribution in [3.63, 3.8) is 0 Å². The average Bonchev–Trinajstić information content (AvgIpc) is 2.37. The SMILES string of the molecule is O[C@@]12C[C@H]3C[C@H](C1)/C(=N/Cc1ccccc1)[C@@H](C3)C2. The van der Waals surface area contributed by atoms with Gasteiger partial charge in [0.2, 0.25) is 0 Å². The van der Waals surface area contributed by atoms with Crippen molar-refractivity contribution >= 4 is 5.71 Å². The van der Waals surface area contributed by atoms with Gasteiger partial charge in [0, 0.05) is 17.5 Å². The highest BCUT2D eigenvalue weighted by atomic mass is 16.3. The van der Waals surface area contributed by atoms with Crippen LogP contribution >= 0.6 is 0 Å². The summed E-state index contributed by atoms with van der Waals surface area (Å²) in [5, 5.41) is 10.6. The molecule has 4 saturated carbocycles. The lowest BCUT2D eigenvalue weighted by Gasteiger charge is -2.54. The Morgan fingerprint density at radius 1 is 1.05 bits per heavy atom. The van der Waals surface area contributed by atoms with E-state index in [1.165, 1.54) is 24.1 Å². The van der Waals surface area contributed by atoms with Crippen LogP contribution in [0.5, 0.6) is 0 Å². The Labute approximate surface area is 114 Å². The van der Waals surface area contributed by atoms with Gasteiger partial charge in [-0.05, 0) is 43.6 Å². The maximum absolute atomic E-state index is 10.6. The zero-order valence-corrected chi connectivity index (χ0v) is 11.3. The van der Waals surface area contributed by atoms with Crippen molar-refractivity contribution in [2.24, 2.45) is 22.7 Å². The van der Waals surface area contributed by atoms with E-state index in [1.54, 1.807) is 0 Å². The molecular formula is C17H21NO. The van der Waals surface area contributed by atoms with E-state index in [1.807, 2.05) is 0 Å². The van der Waals surface area contributed by atoms with Gasteiger partial charge < -0.3 is 5.11 Å². The third-order valence-electron chi connectivity index (χ3n) is 5.28. The lowest BCUT2D eigenvalue weighted by atomic mass is 9.53. The molecular weight excluding hydrogens is 234 g/mol. The fourth-order valence-electron chi connectivity index (χ4n) is 4.75. The molecule has 0 saturated heterocycles. The van der Waals surface area contributed by atoms with Gasteiger partial charge in [-0.2, -0.15) is 0 Å². The second-order valence-electron chi connectivity index (χ2n) is 6.79. The van der Waals surface area contributed by atoms with E-state index in [-0.39, 0.29) is 5.60 Å². The van der Waals surface area contributed by atoms with Crippen molar-refractivity contribution in [1.82, 2.24) is 0 Å². The van der Waals surface area contributed by atoms with Gasteiger partial charge in [-0.1, -0.05) is 30.3 Å². The highest BCUT2D eigenvalue weighted by Gasteiger charge is 2.53. The van der Waals surface area contributed by atoms with Crippen LogP contribution in [0.15, 0.2) is 35.3 Å². The van der Waals surface area contributed by atoms with Crippen molar-refractivity contribution in [2.75, 3.05) is 0 Å². The third kappa shape index (κ3) is 2.02. The first-order chi connectivity index (χ1) is 9.22. The van der Waals surface area contributed by atoms with E-state index in [2.05, 4.69) is 30.3 Å². The third-order valence-corrected chi connectivity index (χ3v) is 5.28. The van der Waals surface area contributed by atoms with Crippen LogP contribution in [0.4, 0.5) is 0 Å². The molecule has 0 aromatic heterocycles. The fourth-order valence-corrected chi connectivity index (χ4v) is 4.75. The number of nitrogens with zero attached hydrogens (tertiary/aromatic N) is 1. The summed E-state index contributed by atoms with van der Waals surface area (Å²) in [6.07, 6.45) is 5.52. The summed E-state index contributed by atoms with van der Waals surface area (Å²) in [6, 6.07) is 10.5. The molecule has 4 atom stereocenters. The van der Waals surface area contributed by atoms with Crippen molar-refractivity contribution in [2.45, 2.75) is 44.2 Å². The number of benzene rings is 1. The average molecular weight is 255 g/mol. The van der Waals surface area contributed by atoms with Crippen LogP contribution in [-0.2, 0) is 6.54 Å². The van der Waals surface area contributed by atoms with E-state index < -0.39 is 0 Å². The van der Waals surface area contributed by atoms with Gasteiger partial charge in [0.1, 0.15) is 0 Å². The highest BCUT2D eigenvalue weighted by Crippen LogP contribution is 2.54. The predicted molar refractivity (Wildman–Crippen MR) is 76.1 cm³/mol. The number of rotatable bonds is 2. The van der Waals surface area contributed by atoms with Crippen LogP contribution in [0.3, 0.4) is 0 Å². The van der Waals surface area contributed by atoms with Gasteiger partial charge in [0.05, 0.1) is 12.1 Å². The molecule has 0 unspecified atom stereocenters. The molecule has 4 aliphatic rings. The van der Waals surface area contributed by atoms with E-state index in [0.717, 1.165) is 31.7 Å². The standard InChI is InChI=1S/C17H21NO/c19-17-8-13-6-14(9-17)16(15(7-13)10-17)18-11-12-4-2-1-3-5-12/h1-5,13-15,19H,6-11H2/b18-16-/t13-,14+,15-,17-/m0/s1. The normalized spacial score (nSPS) is 41.9. The number of hydrogen-bond donors (Lipinski definition) is 1. The first-order valence-electron chi connectivity index (χ1n) is 7.52. The molecule has 1 aromatic rings. The minimum Gasteiger partial charge on any atom is -0.390 e.